The molecule has 2 rings (SSSR count). The van der Waals surface area contributed by atoms with E-state index in [1.807, 2.05) is 7.05 Å². The number of hydrogen-bond acceptors (Lipinski definition) is 4. The molecule has 1 aromatic heterocycles. The van der Waals surface area contributed by atoms with Gasteiger partial charge in [0.1, 0.15) is 4.88 Å². The first-order valence-electron chi connectivity index (χ1n) is 6.42. The molecule has 1 saturated carbocycles. The fraction of sp³-hybridized carbons (Fsp3) is 0.692. The zero-order valence-electron chi connectivity index (χ0n) is 11.1. The molecule has 0 saturated heterocycles. The van der Waals surface area contributed by atoms with Gasteiger partial charge in [0, 0.05) is 13.1 Å². The average molecular weight is 268 g/mol. The number of aromatic nitrogens is 1. The third-order valence-corrected chi connectivity index (χ3v) is 5.05. The first-order valence-corrected chi connectivity index (χ1v) is 7.24. The van der Waals surface area contributed by atoms with Crippen molar-refractivity contribution in [3.63, 3.8) is 0 Å². The Bertz CT molecular complexity index is 436. The summed E-state index contributed by atoms with van der Waals surface area (Å²) in [6.07, 6.45) is 4.87. The number of nitrogens with zero attached hydrogens (tertiary/aromatic N) is 2. The SMILES string of the molecule is Cc1nc(N(C)C2CCC(C)CC2)sc1C(=O)O. The van der Waals surface area contributed by atoms with Crippen molar-refractivity contribution in [3.8, 4) is 0 Å². The number of anilines is 1. The molecule has 100 valence electrons. The Morgan fingerprint density at radius 2 is 2.00 bits per heavy atom. The number of hydrogen-bond donors (Lipinski definition) is 1. The summed E-state index contributed by atoms with van der Waals surface area (Å²) in [6.45, 7) is 4.06. The summed E-state index contributed by atoms with van der Waals surface area (Å²) in [6, 6.07) is 0.508. The number of aromatic carboxylic acids is 1. The number of thiazole rings is 1. The molecule has 0 atom stereocenters. The normalized spacial score (nSPS) is 23.9. The summed E-state index contributed by atoms with van der Waals surface area (Å²) in [5.41, 5.74) is 0.624. The Kier molecular flexibility index (Phi) is 3.90. The molecular formula is C13H20N2O2S. The summed E-state index contributed by atoms with van der Waals surface area (Å²) in [4.78, 5) is 17.9. The molecule has 0 radical (unpaired) electrons. The number of carboxylic acid groups (broad SMARTS) is 1. The Hall–Kier alpha value is -1.10. The van der Waals surface area contributed by atoms with Crippen molar-refractivity contribution in [2.45, 2.75) is 45.6 Å². The van der Waals surface area contributed by atoms with Crippen molar-refractivity contribution in [2.75, 3.05) is 11.9 Å². The monoisotopic (exact) mass is 268 g/mol. The molecule has 1 aliphatic carbocycles. The van der Waals surface area contributed by atoms with Crippen LogP contribution in [0.5, 0.6) is 0 Å². The topological polar surface area (TPSA) is 53.4 Å². The third-order valence-electron chi connectivity index (χ3n) is 3.81. The van der Waals surface area contributed by atoms with Crippen LogP contribution in [0.2, 0.25) is 0 Å². The Balaban J connectivity index is 2.11. The van der Waals surface area contributed by atoms with Crippen LogP contribution in [0.25, 0.3) is 0 Å². The molecule has 1 fully saturated rings. The van der Waals surface area contributed by atoms with Gasteiger partial charge in [0.05, 0.1) is 5.69 Å². The molecular weight excluding hydrogens is 248 g/mol. The first-order chi connectivity index (χ1) is 8.49. The molecule has 0 unspecified atom stereocenters. The minimum absolute atomic E-state index is 0.362. The van der Waals surface area contributed by atoms with E-state index in [2.05, 4.69) is 16.8 Å². The van der Waals surface area contributed by atoms with Crippen LogP contribution in [-0.4, -0.2) is 29.1 Å². The van der Waals surface area contributed by atoms with Crippen molar-refractivity contribution in [2.24, 2.45) is 5.92 Å². The largest absolute Gasteiger partial charge is 0.477 e. The summed E-state index contributed by atoms with van der Waals surface area (Å²) < 4.78 is 0. The molecule has 1 heterocycles. The average Bonchev–Trinajstić information content (AvgIpc) is 2.71. The maximum absolute atomic E-state index is 11.0. The van der Waals surface area contributed by atoms with Crippen molar-refractivity contribution < 1.29 is 9.90 Å². The number of carboxylic acids is 1. The van der Waals surface area contributed by atoms with Crippen LogP contribution in [0.15, 0.2) is 0 Å². The van der Waals surface area contributed by atoms with Gasteiger partial charge < -0.3 is 10.0 Å². The van der Waals surface area contributed by atoms with E-state index in [0.29, 0.717) is 16.6 Å². The van der Waals surface area contributed by atoms with Gasteiger partial charge >= 0.3 is 5.97 Å². The van der Waals surface area contributed by atoms with Gasteiger partial charge in [0.2, 0.25) is 0 Å². The molecule has 18 heavy (non-hydrogen) atoms. The zero-order chi connectivity index (χ0) is 13.3. The van der Waals surface area contributed by atoms with E-state index in [9.17, 15) is 4.79 Å². The van der Waals surface area contributed by atoms with E-state index in [1.165, 1.54) is 37.0 Å². The lowest BCUT2D eigenvalue weighted by atomic mass is 9.87. The van der Waals surface area contributed by atoms with Crippen molar-refractivity contribution in [1.29, 1.82) is 0 Å². The highest BCUT2D eigenvalue weighted by atomic mass is 32.1. The fourth-order valence-corrected chi connectivity index (χ4v) is 3.46. The van der Waals surface area contributed by atoms with Crippen LogP contribution < -0.4 is 4.90 Å². The quantitative estimate of drug-likeness (QED) is 0.915. The van der Waals surface area contributed by atoms with Crippen molar-refractivity contribution >= 4 is 22.4 Å². The molecule has 0 aromatic carbocycles. The van der Waals surface area contributed by atoms with E-state index in [0.717, 1.165) is 11.0 Å². The van der Waals surface area contributed by atoms with Crippen molar-refractivity contribution in [1.82, 2.24) is 4.98 Å². The van der Waals surface area contributed by atoms with E-state index < -0.39 is 5.97 Å². The molecule has 1 aliphatic rings. The number of aryl methyl sites for hydroxylation is 1. The Labute approximate surface area is 112 Å². The summed E-state index contributed by atoms with van der Waals surface area (Å²) >= 11 is 1.29. The third kappa shape index (κ3) is 2.66. The highest BCUT2D eigenvalue weighted by Crippen LogP contribution is 2.32. The Morgan fingerprint density at radius 1 is 1.39 bits per heavy atom. The molecule has 0 amide bonds. The van der Waals surface area contributed by atoms with Crippen LogP contribution in [0.1, 0.15) is 48.0 Å². The lowest BCUT2D eigenvalue weighted by Gasteiger charge is -2.33. The van der Waals surface area contributed by atoms with Crippen LogP contribution in [0, 0.1) is 12.8 Å². The first kappa shape index (κ1) is 13.3. The van der Waals surface area contributed by atoms with E-state index in [4.69, 9.17) is 5.11 Å². The number of carbonyl (C=O) groups is 1. The molecule has 4 nitrogen and oxygen atoms in total. The highest BCUT2D eigenvalue weighted by molar-refractivity contribution is 7.17. The van der Waals surface area contributed by atoms with Gasteiger partial charge in [-0.3, -0.25) is 0 Å². The van der Waals surface area contributed by atoms with E-state index in [1.54, 1.807) is 6.92 Å². The molecule has 1 aromatic rings. The van der Waals surface area contributed by atoms with Gasteiger partial charge in [0.25, 0.3) is 0 Å². The van der Waals surface area contributed by atoms with Crippen molar-refractivity contribution in [3.05, 3.63) is 10.6 Å². The Morgan fingerprint density at radius 3 is 2.50 bits per heavy atom. The predicted octanol–water partition coefficient (Wildman–Crippen LogP) is 3.16. The number of rotatable bonds is 3. The summed E-state index contributed by atoms with van der Waals surface area (Å²) in [5, 5.41) is 9.90. The van der Waals surface area contributed by atoms with Gasteiger partial charge in [-0.15, -0.1) is 0 Å². The minimum Gasteiger partial charge on any atom is -0.477 e. The van der Waals surface area contributed by atoms with Gasteiger partial charge in [-0.1, -0.05) is 18.3 Å². The predicted molar refractivity (Wildman–Crippen MR) is 73.6 cm³/mol. The highest BCUT2D eigenvalue weighted by Gasteiger charge is 2.25. The van der Waals surface area contributed by atoms with Gasteiger partial charge in [-0.05, 0) is 38.5 Å². The zero-order valence-corrected chi connectivity index (χ0v) is 12.0. The minimum atomic E-state index is -0.873. The second kappa shape index (κ2) is 5.26. The van der Waals surface area contributed by atoms with E-state index in [-0.39, 0.29) is 0 Å². The fourth-order valence-electron chi connectivity index (χ4n) is 2.52. The van der Waals surface area contributed by atoms with E-state index >= 15 is 0 Å². The van der Waals surface area contributed by atoms with Crippen LogP contribution in [0.3, 0.4) is 0 Å². The smallest absolute Gasteiger partial charge is 0.347 e. The molecule has 1 N–H and O–H groups in total. The van der Waals surface area contributed by atoms with Gasteiger partial charge in [0.15, 0.2) is 5.13 Å². The molecule has 0 spiro atoms. The molecule has 0 bridgehead atoms. The second-order valence-electron chi connectivity index (χ2n) is 5.24. The van der Waals surface area contributed by atoms with Crippen LogP contribution >= 0.6 is 11.3 Å². The van der Waals surface area contributed by atoms with Crippen LogP contribution in [-0.2, 0) is 0 Å². The van der Waals surface area contributed by atoms with Crippen LogP contribution in [0.4, 0.5) is 5.13 Å². The second-order valence-corrected chi connectivity index (χ2v) is 6.22. The lowest BCUT2D eigenvalue weighted by Crippen LogP contribution is -2.34. The molecule has 5 heteroatoms. The lowest BCUT2D eigenvalue weighted by molar-refractivity contribution is 0.0701. The summed E-state index contributed by atoms with van der Waals surface area (Å²) in [7, 11) is 2.03. The maximum atomic E-state index is 11.0. The molecule has 0 aliphatic heterocycles. The summed E-state index contributed by atoms with van der Waals surface area (Å²) in [5.74, 6) is -0.0517. The van der Waals surface area contributed by atoms with Gasteiger partial charge in [-0.25, -0.2) is 9.78 Å². The maximum Gasteiger partial charge on any atom is 0.347 e. The van der Waals surface area contributed by atoms with Gasteiger partial charge in [-0.2, -0.15) is 0 Å². The standard InChI is InChI=1S/C13H20N2O2S/c1-8-4-6-10(7-5-8)15(3)13-14-9(2)11(18-13)12(16)17/h8,10H,4-7H2,1-3H3,(H,16,17).